The van der Waals surface area contributed by atoms with E-state index in [1.807, 2.05) is 43.3 Å². The summed E-state index contributed by atoms with van der Waals surface area (Å²) in [6.45, 7) is 1.88. The van der Waals surface area contributed by atoms with E-state index in [0.717, 1.165) is 27.8 Å². The molecule has 1 amide bonds. The van der Waals surface area contributed by atoms with E-state index in [1.165, 1.54) is 0 Å². The Morgan fingerprint density at radius 1 is 1.11 bits per heavy atom. The Labute approximate surface area is 167 Å². The molecule has 0 aliphatic carbocycles. The molecule has 1 saturated heterocycles. The van der Waals surface area contributed by atoms with Crippen LogP contribution in [0.1, 0.15) is 24.1 Å². The van der Waals surface area contributed by atoms with Crippen molar-refractivity contribution in [2.45, 2.75) is 13.0 Å². The fourth-order valence-electron chi connectivity index (χ4n) is 2.79. The van der Waals surface area contributed by atoms with Crippen LogP contribution in [-0.4, -0.2) is 21.1 Å². The molecule has 0 unspecified atom stereocenters. The minimum absolute atomic E-state index is 0.205. The molecule has 1 fully saturated rings. The molecule has 27 heavy (non-hydrogen) atoms. The molecule has 0 saturated carbocycles. The van der Waals surface area contributed by atoms with Gasteiger partial charge in [0.2, 0.25) is 0 Å². The van der Waals surface area contributed by atoms with Crippen molar-refractivity contribution in [3.05, 3.63) is 88.3 Å². The normalized spacial score (nSPS) is 17.4. The van der Waals surface area contributed by atoms with Gasteiger partial charge in [0, 0.05) is 0 Å². The van der Waals surface area contributed by atoms with E-state index < -0.39 is 17.9 Å². The van der Waals surface area contributed by atoms with Gasteiger partial charge in [-0.3, -0.25) is 9.69 Å². The largest absolute Gasteiger partial charge is 0.547 e. The van der Waals surface area contributed by atoms with Crippen LogP contribution < -0.4 is 5.11 Å². The smallest absolute Gasteiger partial charge is 0.267 e. The lowest BCUT2D eigenvalue weighted by Crippen LogP contribution is -2.43. The maximum atomic E-state index is 12.9. The van der Waals surface area contributed by atoms with Crippen LogP contribution in [0, 0.1) is 0 Å². The molecule has 136 valence electrons. The van der Waals surface area contributed by atoms with E-state index in [1.54, 1.807) is 36.4 Å². The summed E-state index contributed by atoms with van der Waals surface area (Å²) in [5, 5.41) is 11.7. The van der Waals surface area contributed by atoms with E-state index in [9.17, 15) is 14.7 Å². The highest BCUT2D eigenvalue weighted by atomic mass is 32.2. The fourth-order valence-corrected chi connectivity index (χ4v) is 4.15. The van der Waals surface area contributed by atoms with Crippen LogP contribution in [0.2, 0.25) is 0 Å². The van der Waals surface area contributed by atoms with E-state index in [0.29, 0.717) is 10.5 Å². The van der Waals surface area contributed by atoms with Crippen molar-refractivity contribution in [3.63, 3.8) is 0 Å². The van der Waals surface area contributed by atoms with Crippen molar-refractivity contribution >= 4 is 46.3 Å². The molecule has 0 aromatic heterocycles. The van der Waals surface area contributed by atoms with Crippen LogP contribution in [0.3, 0.4) is 0 Å². The number of thioether (sulfide) groups is 1. The Morgan fingerprint density at radius 2 is 1.70 bits per heavy atom. The predicted molar refractivity (Wildman–Crippen MR) is 109 cm³/mol. The number of carboxylic acids is 1. The second-order valence-electron chi connectivity index (χ2n) is 5.98. The van der Waals surface area contributed by atoms with Gasteiger partial charge >= 0.3 is 0 Å². The molecule has 4 nitrogen and oxygen atoms in total. The number of allylic oxidation sites excluding steroid dienone is 2. The zero-order chi connectivity index (χ0) is 19.4. The Hall–Kier alpha value is -2.70. The zero-order valence-corrected chi connectivity index (χ0v) is 16.1. The number of thiocarbonyl (C=S) groups is 1. The molecule has 0 spiro atoms. The van der Waals surface area contributed by atoms with Crippen LogP contribution in [0.15, 0.2) is 77.2 Å². The number of nitrogens with zero attached hydrogens (tertiary/aromatic N) is 1. The number of carbonyl (C=O) groups is 2. The molecule has 1 aliphatic heterocycles. The SMILES string of the molecule is CC(/C=C1\SC(=S)N([C@@H](C(=O)[O-])c2ccccc2)C1=O)=C\c1ccccc1. The van der Waals surface area contributed by atoms with Gasteiger partial charge < -0.3 is 9.90 Å². The quantitative estimate of drug-likeness (QED) is 0.575. The summed E-state index contributed by atoms with van der Waals surface area (Å²) in [6.07, 6.45) is 3.67. The summed E-state index contributed by atoms with van der Waals surface area (Å²) in [5.41, 5.74) is 2.33. The molecule has 0 bridgehead atoms. The van der Waals surface area contributed by atoms with Gasteiger partial charge in [-0.25, -0.2) is 0 Å². The third kappa shape index (κ3) is 4.35. The maximum Gasteiger partial charge on any atom is 0.267 e. The van der Waals surface area contributed by atoms with Crippen LogP contribution in [0.25, 0.3) is 6.08 Å². The van der Waals surface area contributed by atoms with Crippen molar-refractivity contribution in [1.82, 2.24) is 4.90 Å². The van der Waals surface area contributed by atoms with Crippen LogP contribution >= 0.6 is 24.0 Å². The summed E-state index contributed by atoms with van der Waals surface area (Å²) in [4.78, 5) is 26.1. The van der Waals surface area contributed by atoms with E-state index >= 15 is 0 Å². The molecule has 2 aromatic carbocycles. The molecule has 0 radical (unpaired) electrons. The first kappa shape index (κ1) is 19.1. The number of hydrogen-bond donors (Lipinski definition) is 0. The number of carbonyl (C=O) groups excluding carboxylic acids is 2. The topological polar surface area (TPSA) is 60.4 Å². The van der Waals surface area contributed by atoms with E-state index in [-0.39, 0.29) is 4.32 Å². The van der Waals surface area contributed by atoms with E-state index in [4.69, 9.17) is 12.2 Å². The number of hydrogen-bond acceptors (Lipinski definition) is 5. The van der Waals surface area contributed by atoms with Gasteiger partial charge in [-0.1, -0.05) is 90.7 Å². The number of aliphatic carboxylic acids is 1. The summed E-state index contributed by atoms with van der Waals surface area (Å²) in [7, 11) is 0. The van der Waals surface area contributed by atoms with Crippen LogP contribution in [0.4, 0.5) is 0 Å². The van der Waals surface area contributed by atoms with Gasteiger partial charge in [0.25, 0.3) is 5.91 Å². The number of carboxylic acid groups (broad SMARTS) is 1. The first-order valence-corrected chi connectivity index (χ1v) is 9.46. The number of rotatable bonds is 5. The zero-order valence-electron chi connectivity index (χ0n) is 14.5. The van der Waals surface area contributed by atoms with Gasteiger partial charge in [-0.2, -0.15) is 0 Å². The lowest BCUT2D eigenvalue weighted by Gasteiger charge is -2.27. The second-order valence-corrected chi connectivity index (χ2v) is 7.66. The highest BCUT2D eigenvalue weighted by Gasteiger charge is 2.38. The van der Waals surface area contributed by atoms with Gasteiger partial charge in [0.15, 0.2) is 0 Å². The Bertz CT molecular complexity index is 936. The Balaban J connectivity index is 1.90. The van der Waals surface area contributed by atoms with Crippen molar-refractivity contribution in [2.75, 3.05) is 0 Å². The van der Waals surface area contributed by atoms with E-state index in [2.05, 4.69) is 0 Å². The standard InChI is InChI=1S/C21H17NO3S2/c1-14(12-15-8-4-2-5-9-15)13-17-19(23)22(21(26)27-17)18(20(24)25)16-10-6-3-7-11-16/h2-13,18H,1H3,(H,24,25)/p-1/b14-12+,17-13-/t18-/m1/s1. The highest BCUT2D eigenvalue weighted by Crippen LogP contribution is 2.37. The van der Waals surface area contributed by atoms with Crippen molar-refractivity contribution in [3.8, 4) is 0 Å². The lowest BCUT2D eigenvalue weighted by atomic mass is 10.1. The van der Waals surface area contributed by atoms with Gasteiger partial charge in [0.05, 0.1) is 10.9 Å². The van der Waals surface area contributed by atoms with Crippen LogP contribution in [0.5, 0.6) is 0 Å². The molecule has 1 heterocycles. The molecule has 1 aliphatic rings. The summed E-state index contributed by atoms with van der Waals surface area (Å²) in [6, 6.07) is 17.0. The first-order chi connectivity index (χ1) is 13.0. The first-order valence-electron chi connectivity index (χ1n) is 8.23. The third-order valence-corrected chi connectivity index (χ3v) is 5.30. The van der Waals surface area contributed by atoms with Crippen molar-refractivity contribution in [2.24, 2.45) is 0 Å². The molecular weight excluding hydrogens is 378 g/mol. The third-order valence-electron chi connectivity index (χ3n) is 3.97. The van der Waals surface area contributed by atoms with Crippen molar-refractivity contribution < 1.29 is 14.7 Å². The predicted octanol–water partition coefficient (Wildman–Crippen LogP) is 3.33. The number of amides is 1. The molecule has 0 N–H and O–H groups in total. The van der Waals surface area contributed by atoms with Gasteiger partial charge in [-0.05, 0) is 29.7 Å². The monoisotopic (exact) mass is 394 g/mol. The molecule has 3 rings (SSSR count). The second kappa shape index (κ2) is 8.33. The lowest BCUT2D eigenvalue weighted by molar-refractivity contribution is -0.310. The summed E-state index contributed by atoms with van der Waals surface area (Å²) >= 11 is 6.39. The average molecular weight is 394 g/mol. The van der Waals surface area contributed by atoms with Crippen molar-refractivity contribution in [1.29, 1.82) is 0 Å². The minimum atomic E-state index is -1.37. The van der Waals surface area contributed by atoms with Gasteiger partial charge in [-0.15, -0.1) is 0 Å². The average Bonchev–Trinajstić information content (AvgIpc) is 2.91. The molecule has 6 heteroatoms. The highest BCUT2D eigenvalue weighted by molar-refractivity contribution is 8.26. The Morgan fingerprint density at radius 3 is 2.30 bits per heavy atom. The molecule has 1 atom stereocenters. The molecular formula is C21H16NO3S2-. The van der Waals surface area contributed by atoms with Gasteiger partial charge in [0.1, 0.15) is 10.4 Å². The summed E-state index contributed by atoms with van der Waals surface area (Å²) in [5.74, 6) is -1.79. The minimum Gasteiger partial charge on any atom is -0.547 e. The molecule has 2 aromatic rings. The van der Waals surface area contributed by atoms with Crippen LogP contribution in [-0.2, 0) is 9.59 Å². The summed E-state index contributed by atoms with van der Waals surface area (Å²) < 4.78 is 0.205. The Kier molecular flexibility index (Phi) is 5.88. The maximum absolute atomic E-state index is 12.9. The fraction of sp³-hybridized carbons (Fsp3) is 0.0952. The number of benzene rings is 2.